The third-order valence-corrected chi connectivity index (χ3v) is 3.21. The molecule has 0 spiro atoms. The van der Waals surface area contributed by atoms with Gasteiger partial charge in [0.15, 0.2) is 0 Å². The van der Waals surface area contributed by atoms with Gasteiger partial charge in [-0.2, -0.15) is 0 Å². The summed E-state index contributed by atoms with van der Waals surface area (Å²) < 4.78 is 1.78. The number of fused-ring (bicyclic) bond motifs is 1. The summed E-state index contributed by atoms with van der Waals surface area (Å²) in [4.78, 5) is 0. The van der Waals surface area contributed by atoms with Crippen molar-refractivity contribution in [2.24, 2.45) is 0 Å². The molecule has 0 saturated heterocycles. The lowest BCUT2D eigenvalue weighted by Crippen LogP contribution is -1.94. The molecular weight excluding hydrogens is 205 g/mol. The predicted molar refractivity (Wildman–Crippen MR) is 73.3 cm³/mol. The summed E-state index contributed by atoms with van der Waals surface area (Å²) in [6.45, 7) is 2.12. The molecule has 0 N–H and O–H groups in total. The smallest absolute Gasteiger partial charge is 0.234 e. The molecule has 2 heteroatoms. The summed E-state index contributed by atoms with van der Waals surface area (Å²) >= 11 is 0. The van der Waals surface area contributed by atoms with E-state index in [1.54, 1.807) is 4.48 Å². The van der Waals surface area contributed by atoms with Crippen molar-refractivity contribution in [2.75, 3.05) is 0 Å². The second kappa shape index (κ2) is 3.81. The molecule has 0 aliphatic rings. The Kier molecular flexibility index (Phi) is 2.29. The fourth-order valence-electron chi connectivity index (χ4n) is 2.38. The Morgan fingerprint density at radius 2 is 1.53 bits per heavy atom. The first kappa shape index (κ1) is 10.2. The molecule has 0 aliphatic heterocycles. The second-order valence-corrected chi connectivity index (χ2v) is 4.23. The molecule has 0 atom stereocenters. The van der Waals surface area contributed by atoms with Crippen molar-refractivity contribution >= 4 is 18.9 Å². The molecule has 3 rings (SSSR count). The van der Waals surface area contributed by atoms with E-state index in [1.807, 2.05) is 30.3 Å². The first-order chi connectivity index (χ1) is 8.29. The Hall–Kier alpha value is -1.96. The largest absolute Gasteiger partial charge is 0.397 e. The van der Waals surface area contributed by atoms with Crippen LogP contribution in [-0.4, -0.2) is 12.5 Å². The Morgan fingerprint density at radius 1 is 0.882 bits per heavy atom. The van der Waals surface area contributed by atoms with Crippen LogP contribution in [0.4, 0.5) is 0 Å². The number of aromatic nitrogens is 1. The molecule has 0 unspecified atom stereocenters. The number of nitrogens with zero attached hydrogens (tertiary/aromatic N) is 1. The van der Waals surface area contributed by atoms with Crippen molar-refractivity contribution in [2.45, 2.75) is 6.92 Å². The highest BCUT2D eigenvalue weighted by Crippen LogP contribution is 2.31. The summed E-state index contributed by atoms with van der Waals surface area (Å²) in [6, 6.07) is 18.5. The van der Waals surface area contributed by atoms with E-state index in [9.17, 15) is 0 Å². The first-order valence-corrected chi connectivity index (χ1v) is 5.69. The summed E-state index contributed by atoms with van der Waals surface area (Å²) in [5.41, 5.74) is 4.55. The van der Waals surface area contributed by atoms with Crippen LogP contribution >= 0.6 is 0 Å². The summed E-state index contributed by atoms with van der Waals surface area (Å²) in [7, 11) is 6.19. The lowest BCUT2D eigenvalue weighted by atomic mass is 10.1. The van der Waals surface area contributed by atoms with E-state index < -0.39 is 0 Å². The van der Waals surface area contributed by atoms with Gasteiger partial charge in [0.05, 0.1) is 0 Å². The molecule has 80 valence electrons. The van der Waals surface area contributed by atoms with Gasteiger partial charge in [-0.05, 0) is 24.1 Å². The number of aryl methyl sites for hydroxylation is 1. The number of hydrogen-bond donors (Lipinski definition) is 0. The third kappa shape index (κ3) is 1.48. The first-order valence-electron chi connectivity index (χ1n) is 5.69. The minimum Gasteiger partial charge on any atom is -0.397 e. The Bertz CT molecular complexity index is 629. The molecule has 1 nitrogen and oxygen atoms in total. The van der Waals surface area contributed by atoms with Crippen molar-refractivity contribution in [3.05, 3.63) is 60.2 Å². The third-order valence-electron chi connectivity index (χ3n) is 3.21. The molecule has 1 aromatic heterocycles. The molecule has 0 saturated carbocycles. The monoisotopic (exact) mass is 217 g/mol. The van der Waals surface area contributed by atoms with Crippen LogP contribution in [0, 0.1) is 6.92 Å². The predicted octanol–water partition coefficient (Wildman–Crippen LogP) is 3.55. The van der Waals surface area contributed by atoms with Gasteiger partial charge in [-0.25, -0.2) is 0 Å². The van der Waals surface area contributed by atoms with Crippen LogP contribution in [0.25, 0.3) is 22.2 Å². The van der Waals surface area contributed by atoms with Crippen LogP contribution in [0.5, 0.6) is 0 Å². The molecule has 2 radical (unpaired) electrons. The molecule has 2 aromatic carbocycles. The topological polar surface area (TPSA) is 4.93 Å². The van der Waals surface area contributed by atoms with Crippen LogP contribution < -0.4 is 0 Å². The van der Waals surface area contributed by atoms with Crippen molar-refractivity contribution < 1.29 is 0 Å². The summed E-state index contributed by atoms with van der Waals surface area (Å²) in [6.07, 6.45) is 0. The highest BCUT2D eigenvalue weighted by molar-refractivity contribution is 6.15. The highest BCUT2D eigenvalue weighted by Gasteiger charge is 2.11. The Labute approximate surface area is 102 Å². The van der Waals surface area contributed by atoms with Crippen LogP contribution in [0.15, 0.2) is 54.6 Å². The molecule has 0 amide bonds. The molecule has 0 aliphatic carbocycles. The number of benzene rings is 2. The minimum absolute atomic E-state index is 1.07. The van der Waals surface area contributed by atoms with Gasteiger partial charge < -0.3 is 4.48 Å². The maximum absolute atomic E-state index is 6.19. The summed E-state index contributed by atoms with van der Waals surface area (Å²) in [5, 5.41) is 1.22. The van der Waals surface area contributed by atoms with E-state index >= 15 is 0 Å². The Balaban J connectivity index is 2.38. The molecule has 17 heavy (non-hydrogen) atoms. The molecule has 0 bridgehead atoms. The number of rotatable bonds is 1. The van der Waals surface area contributed by atoms with E-state index in [-0.39, 0.29) is 0 Å². The molecule has 0 fully saturated rings. The quantitative estimate of drug-likeness (QED) is 0.549. The van der Waals surface area contributed by atoms with Crippen molar-refractivity contribution in [3.8, 4) is 11.3 Å². The molecular formula is C15H12BN. The zero-order valence-electron chi connectivity index (χ0n) is 9.72. The standard InChI is InChI=1S/C15H12BN/c1-11-13-9-5-6-10-14(13)17(16)15(11)12-7-3-2-4-8-12/h2-10H,1H3. The van der Waals surface area contributed by atoms with Crippen molar-refractivity contribution in [1.29, 1.82) is 0 Å². The maximum Gasteiger partial charge on any atom is 0.234 e. The van der Waals surface area contributed by atoms with Gasteiger partial charge in [0.25, 0.3) is 0 Å². The van der Waals surface area contributed by atoms with Crippen LogP contribution in [-0.2, 0) is 0 Å². The molecule has 1 heterocycles. The second-order valence-electron chi connectivity index (χ2n) is 4.23. The van der Waals surface area contributed by atoms with Crippen molar-refractivity contribution in [3.63, 3.8) is 0 Å². The van der Waals surface area contributed by atoms with Crippen LogP contribution in [0.1, 0.15) is 5.56 Å². The zero-order valence-corrected chi connectivity index (χ0v) is 9.72. The van der Waals surface area contributed by atoms with Crippen LogP contribution in [0.2, 0.25) is 0 Å². The SMILES string of the molecule is [B]n1c(-c2ccccc2)c(C)c2ccccc21. The van der Waals surface area contributed by atoms with E-state index in [0.29, 0.717) is 0 Å². The van der Waals surface area contributed by atoms with Gasteiger partial charge in [0.1, 0.15) is 0 Å². The van der Waals surface area contributed by atoms with E-state index in [2.05, 4.69) is 31.2 Å². The van der Waals surface area contributed by atoms with E-state index in [0.717, 1.165) is 16.8 Å². The molecule has 3 aromatic rings. The maximum atomic E-state index is 6.19. The highest BCUT2D eigenvalue weighted by atomic mass is 14.9. The van der Waals surface area contributed by atoms with Gasteiger partial charge in [-0.1, -0.05) is 48.5 Å². The number of hydrogen-bond acceptors (Lipinski definition) is 0. The van der Waals surface area contributed by atoms with Gasteiger partial charge in [0.2, 0.25) is 7.98 Å². The average Bonchev–Trinajstić information content (AvgIpc) is 2.64. The number of para-hydroxylation sites is 1. The van der Waals surface area contributed by atoms with Crippen LogP contribution in [0.3, 0.4) is 0 Å². The normalized spacial score (nSPS) is 10.9. The van der Waals surface area contributed by atoms with Crippen molar-refractivity contribution in [1.82, 2.24) is 4.48 Å². The average molecular weight is 217 g/mol. The lowest BCUT2D eigenvalue weighted by Gasteiger charge is -2.06. The van der Waals surface area contributed by atoms with E-state index in [1.165, 1.54) is 10.9 Å². The van der Waals surface area contributed by atoms with Gasteiger partial charge in [-0.15, -0.1) is 0 Å². The summed E-state index contributed by atoms with van der Waals surface area (Å²) in [5.74, 6) is 0. The van der Waals surface area contributed by atoms with E-state index in [4.69, 9.17) is 7.98 Å². The van der Waals surface area contributed by atoms with Gasteiger partial charge >= 0.3 is 0 Å². The van der Waals surface area contributed by atoms with Gasteiger partial charge in [0, 0.05) is 16.6 Å². The lowest BCUT2D eigenvalue weighted by molar-refractivity contribution is 1.30. The zero-order chi connectivity index (χ0) is 11.8. The fourth-order valence-corrected chi connectivity index (χ4v) is 2.38. The fraction of sp³-hybridized carbons (Fsp3) is 0.0667. The minimum atomic E-state index is 1.07. The van der Waals surface area contributed by atoms with Gasteiger partial charge in [-0.3, -0.25) is 0 Å². The Morgan fingerprint density at radius 3 is 2.24 bits per heavy atom.